The second-order valence-electron chi connectivity index (χ2n) is 3.53. The van der Waals surface area contributed by atoms with Gasteiger partial charge in [-0.25, -0.2) is 4.98 Å². The zero-order valence-corrected chi connectivity index (χ0v) is 9.28. The van der Waals surface area contributed by atoms with Crippen LogP contribution in [0.3, 0.4) is 0 Å². The summed E-state index contributed by atoms with van der Waals surface area (Å²) in [7, 11) is 0. The predicted octanol–water partition coefficient (Wildman–Crippen LogP) is 2.71. The zero-order chi connectivity index (χ0) is 11.4. The highest BCUT2D eigenvalue weighted by atomic mass is 35.5. The molecular formula is C9H12ClN3O2. The maximum absolute atomic E-state index is 10.7. The Labute approximate surface area is 92.6 Å². The largest absolute Gasteiger partial charge is 0.364 e. The number of pyridine rings is 1. The average molecular weight is 230 g/mol. The van der Waals surface area contributed by atoms with Crippen LogP contribution in [0.15, 0.2) is 12.1 Å². The third-order valence-corrected chi connectivity index (χ3v) is 1.92. The van der Waals surface area contributed by atoms with Gasteiger partial charge in [0, 0.05) is 12.6 Å². The highest BCUT2D eigenvalue weighted by molar-refractivity contribution is 6.29. The van der Waals surface area contributed by atoms with E-state index in [1.165, 1.54) is 12.1 Å². The van der Waals surface area contributed by atoms with Gasteiger partial charge in [-0.15, -0.1) is 0 Å². The van der Waals surface area contributed by atoms with E-state index < -0.39 is 4.92 Å². The van der Waals surface area contributed by atoms with Crippen LogP contribution < -0.4 is 5.32 Å². The summed E-state index contributed by atoms with van der Waals surface area (Å²) in [5, 5.41) is 13.8. The van der Waals surface area contributed by atoms with Crippen LogP contribution in [0.5, 0.6) is 0 Å². The number of nitro groups is 1. The average Bonchev–Trinajstić information content (AvgIpc) is 2.14. The van der Waals surface area contributed by atoms with Crippen molar-refractivity contribution in [1.29, 1.82) is 0 Å². The minimum atomic E-state index is -0.480. The van der Waals surface area contributed by atoms with Gasteiger partial charge in [-0.05, 0) is 12.0 Å². The summed E-state index contributed by atoms with van der Waals surface area (Å²) >= 11 is 5.66. The summed E-state index contributed by atoms with van der Waals surface area (Å²) in [5.74, 6) is 0.603. The molecular weight excluding hydrogens is 218 g/mol. The minimum Gasteiger partial charge on any atom is -0.364 e. The molecule has 1 rings (SSSR count). The predicted molar refractivity (Wildman–Crippen MR) is 59.2 cm³/mol. The second kappa shape index (κ2) is 4.93. The zero-order valence-electron chi connectivity index (χ0n) is 8.53. The van der Waals surface area contributed by atoms with Crippen molar-refractivity contribution in [2.45, 2.75) is 13.8 Å². The topological polar surface area (TPSA) is 68.1 Å². The van der Waals surface area contributed by atoms with Crippen LogP contribution in [-0.4, -0.2) is 16.5 Å². The first-order valence-electron chi connectivity index (χ1n) is 4.55. The van der Waals surface area contributed by atoms with Gasteiger partial charge in [0.15, 0.2) is 0 Å². The maximum atomic E-state index is 10.7. The molecule has 15 heavy (non-hydrogen) atoms. The van der Waals surface area contributed by atoms with E-state index in [1.807, 2.05) is 13.8 Å². The third kappa shape index (κ3) is 3.36. The van der Waals surface area contributed by atoms with Crippen LogP contribution in [0.2, 0.25) is 5.15 Å². The molecule has 0 aromatic carbocycles. The molecule has 1 N–H and O–H groups in total. The number of anilines is 1. The smallest absolute Gasteiger partial charge is 0.311 e. The van der Waals surface area contributed by atoms with E-state index >= 15 is 0 Å². The summed E-state index contributed by atoms with van der Waals surface area (Å²) < 4.78 is 0. The highest BCUT2D eigenvalue weighted by Gasteiger charge is 2.15. The molecule has 1 aromatic rings. The second-order valence-corrected chi connectivity index (χ2v) is 3.92. The maximum Gasteiger partial charge on any atom is 0.311 e. The van der Waals surface area contributed by atoms with Gasteiger partial charge in [-0.3, -0.25) is 10.1 Å². The summed E-state index contributed by atoms with van der Waals surface area (Å²) in [4.78, 5) is 14.1. The molecule has 0 aliphatic rings. The van der Waals surface area contributed by atoms with Gasteiger partial charge >= 0.3 is 5.69 Å². The lowest BCUT2D eigenvalue weighted by Crippen LogP contribution is -2.10. The molecule has 0 aliphatic heterocycles. The Kier molecular flexibility index (Phi) is 3.85. The van der Waals surface area contributed by atoms with Crippen molar-refractivity contribution in [2.75, 3.05) is 11.9 Å². The molecule has 5 nitrogen and oxygen atoms in total. The molecule has 0 spiro atoms. The van der Waals surface area contributed by atoms with Crippen LogP contribution in [0.1, 0.15) is 13.8 Å². The van der Waals surface area contributed by atoms with Gasteiger partial charge in [-0.1, -0.05) is 25.4 Å². The lowest BCUT2D eigenvalue weighted by atomic mass is 10.2. The van der Waals surface area contributed by atoms with Crippen LogP contribution in [0.4, 0.5) is 11.5 Å². The van der Waals surface area contributed by atoms with Crippen molar-refractivity contribution in [3.8, 4) is 0 Å². The first-order chi connectivity index (χ1) is 7.00. The van der Waals surface area contributed by atoms with E-state index in [2.05, 4.69) is 10.3 Å². The van der Waals surface area contributed by atoms with E-state index in [4.69, 9.17) is 11.6 Å². The van der Waals surface area contributed by atoms with Gasteiger partial charge in [0.2, 0.25) is 5.82 Å². The monoisotopic (exact) mass is 229 g/mol. The standard InChI is InChI=1S/C9H12ClN3O2/c1-6(2)5-11-9-7(13(14)15)3-4-8(10)12-9/h3-4,6H,5H2,1-2H3,(H,11,12). The van der Waals surface area contributed by atoms with Crippen molar-refractivity contribution in [1.82, 2.24) is 4.98 Å². The fraction of sp³-hybridized carbons (Fsp3) is 0.444. The molecule has 0 radical (unpaired) electrons. The number of nitrogens with one attached hydrogen (secondary N) is 1. The van der Waals surface area contributed by atoms with Gasteiger partial charge in [0.05, 0.1) is 4.92 Å². The van der Waals surface area contributed by atoms with Gasteiger partial charge in [0.25, 0.3) is 0 Å². The number of hydrogen-bond acceptors (Lipinski definition) is 4. The lowest BCUT2D eigenvalue weighted by molar-refractivity contribution is -0.384. The van der Waals surface area contributed by atoms with Crippen molar-refractivity contribution in [3.63, 3.8) is 0 Å². The Morgan fingerprint density at radius 1 is 1.60 bits per heavy atom. The summed E-state index contributed by atoms with van der Waals surface area (Å²) in [6.07, 6.45) is 0. The Morgan fingerprint density at radius 2 is 2.27 bits per heavy atom. The molecule has 0 saturated heterocycles. The first kappa shape index (κ1) is 11.7. The summed E-state index contributed by atoms with van der Waals surface area (Å²) in [6, 6.07) is 2.75. The van der Waals surface area contributed by atoms with Crippen molar-refractivity contribution >= 4 is 23.1 Å². The number of nitrogens with zero attached hydrogens (tertiary/aromatic N) is 2. The Bertz CT molecular complexity index is 368. The lowest BCUT2D eigenvalue weighted by Gasteiger charge is -2.08. The summed E-state index contributed by atoms with van der Waals surface area (Å²) in [5.41, 5.74) is -0.0555. The van der Waals surface area contributed by atoms with Crippen LogP contribution >= 0.6 is 11.6 Å². The summed E-state index contributed by atoms with van der Waals surface area (Å²) in [6.45, 7) is 4.63. The van der Waals surface area contributed by atoms with Crippen molar-refractivity contribution < 1.29 is 4.92 Å². The number of halogens is 1. The van der Waals surface area contributed by atoms with Crippen molar-refractivity contribution in [3.05, 3.63) is 27.4 Å². The van der Waals surface area contributed by atoms with Crippen LogP contribution in [0.25, 0.3) is 0 Å². The van der Waals surface area contributed by atoms with E-state index in [1.54, 1.807) is 0 Å². The molecule has 0 amide bonds. The molecule has 82 valence electrons. The fourth-order valence-corrected chi connectivity index (χ4v) is 1.15. The normalized spacial score (nSPS) is 10.4. The van der Waals surface area contributed by atoms with E-state index in [0.29, 0.717) is 12.5 Å². The van der Waals surface area contributed by atoms with E-state index in [9.17, 15) is 10.1 Å². The Balaban J connectivity index is 2.92. The van der Waals surface area contributed by atoms with Crippen LogP contribution in [0, 0.1) is 16.0 Å². The minimum absolute atomic E-state index is 0.0555. The molecule has 6 heteroatoms. The van der Waals surface area contributed by atoms with E-state index in [0.717, 1.165) is 0 Å². The number of aromatic nitrogens is 1. The Morgan fingerprint density at radius 3 is 2.80 bits per heavy atom. The molecule has 0 fully saturated rings. The quantitative estimate of drug-likeness (QED) is 0.490. The van der Waals surface area contributed by atoms with Gasteiger partial charge in [0.1, 0.15) is 5.15 Å². The van der Waals surface area contributed by atoms with E-state index in [-0.39, 0.29) is 16.7 Å². The van der Waals surface area contributed by atoms with Crippen molar-refractivity contribution in [2.24, 2.45) is 5.92 Å². The molecule has 1 heterocycles. The number of rotatable bonds is 4. The van der Waals surface area contributed by atoms with Crippen LogP contribution in [-0.2, 0) is 0 Å². The highest BCUT2D eigenvalue weighted by Crippen LogP contribution is 2.23. The third-order valence-electron chi connectivity index (χ3n) is 1.71. The molecule has 0 saturated carbocycles. The molecule has 0 aliphatic carbocycles. The SMILES string of the molecule is CC(C)CNc1nc(Cl)ccc1[N+](=O)[O-]. The van der Waals surface area contributed by atoms with Gasteiger partial charge < -0.3 is 5.32 Å². The fourth-order valence-electron chi connectivity index (χ4n) is 1.01. The molecule has 0 unspecified atom stereocenters. The Hall–Kier alpha value is -1.36. The molecule has 1 aromatic heterocycles. The molecule has 0 bridgehead atoms. The van der Waals surface area contributed by atoms with Gasteiger partial charge in [-0.2, -0.15) is 0 Å². The first-order valence-corrected chi connectivity index (χ1v) is 4.93. The number of hydrogen-bond donors (Lipinski definition) is 1. The molecule has 0 atom stereocenters.